The largest absolute Gasteiger partial charge is 0.361 e. The number of carbonyl (C=O) groups is 2. The molecule has 22 heavy (non-hydrogen) atoms. The van der Waals surface area contributed by atoms with Crippen molar-refractivity contribution in [1.29, 1.82) is 0 Å². The van der Waals surface area contributed by atoms with Crippen LogP contribution in [0.3, 0.4) is 0 Å². The predicted molar refractivity (Wildman–Crippen MR) is 84.6 cm³/mol. The molecule has 1 N–H and O–H groups in total. The van der Waals surface area contributed by atoms with Crippen molar-refractivity contribution in [3.63, 3.8) is 0 Å². The maximum atomic E-state index is 12.1. The molecule has 0 heterocycles. The van der Waals surface area contributed by atoms with Crippen LogP contribution in [0, 0.1) is 15.5 Å². The van der Waals surface area contributed by atoms with Crippen molar-refractivity contribution in [1.82, 2.24) is 0 Å². The van der Waals surface area contributed by atoms with Crippen LogP contribution in [-0.4, -0.2) is 17.0 Å². The molecule has 0 saturated heterocycles. The van der Waals surface area contributed by atoms with Gasteiger partial charge in [-0.05, 0) is 18.4 Å². The summed E-state index contributed by atoms with van der Waals surface area (Å²) in [5.74, 6) is -0.0650. The van der Waals surface area contributed by atoms with Gasteiger partial charge in [-0.2, -0.15) is 0 Å². The van der Waals surface area contributed by atoms with Crippen LogP contribution >= 0.6 is 0 Å². The van der Waals surface area contributed by atoms with Crippen LogP contribution in [0.4, 0.5) is 11.4 Å². The van der Waals surface area contributed by atoms with Crippen LogP contribution < -0.4 is 5.32 Å². The first-order valence-electron chi connectivity index (χ1n) is 6.90. The van der Waals surface area contributed by atoms with E-state index in [0.29, 0.717) is 17.7 Å². The van der Waals surface area contributed by atoms with E-state index in [1.54, 1.807) is 19.1 Å². The number of anilines is 1. The SMILES string of the molecule is C/C(=C\Nc1cccc([N+](=O)[O-])c1)C(=O)CC(C)(C)CC=O. The second-order valence-electron chi connectivity index (χ2n) is 5.91. The van der Waals surface area contributed by atoms with Crippen molar-refractivity contribution in [2.45, 2.75) is 33.6 Å². The Morgan fingerprint density at radius 2 is 2.09 bits per heavy atom. The monoisotopic (exact) mass is 304 g/mol. The minimum Gasteiger partial charge on any atom is -0.361 e. The van der Waals surface area contributed by atoms with E-state index in [1.807, 2.05) is 13.8 Å². The number of hydrogen-bond donors (Lipinski definition) is 1. The molecule has 6 nitrogen and oxygen atoms in total. The highest BCUT2D eigenvalue weighted by Gasteiger charge is 2.22. The van der Waals surface area contributed by atoms with Gasteiger partial charge in [0.2, 0.25) is 0 Å². The lowest BCUT2D eigenvalue weighted by molar-refractivity contribution is -0.384. The molecule has 0 spiro atoms. The Bertz CT molecular complexity index is 606. The summed E-state index contributed by atoms with van der Waals surface area (Å²) in [6, 6.07) is 6.04. The third kappa shape index (κ3) is 5.47. The van der Waals surface area contributed by atoms with Crippen molar-refractivity contribution in [3.8, 4) is 0 Å². The number of hydrogen-bond acceptors (Lipinski definition) is 5. The number of Topliss-reactive ketones (excluding diaryl/α,β-unsaturated/α-hetero) is 1. The lowest BCUT2D eigenvalue weighted by Crippen LogP contribution is -2.18. The Balaban J connectivity index is 2.73. The summed E-state index contributed by atoms with van der Waals surface area (Å²) in [5.41, 5.74) is 0.646. The number of rotatable bonds is 8. The summed E-state index contributed by atoms with van der Waals surface area (Å²) < 4.78 is 0. The highest BCUT2D eigenvalue weighted by atomic mass is 16.6. The number of benzene rings is 1. The number of ketones is 1. The number of nitro benzene ring substituents is 1. The topological polar surface area (TPSA) is 89.3 Å². The van der Waals surface area contributed by atoms with Crippen molar-refractivity contribution in [3.05, 3.63) is 46.2 Å². The Labute approximate surface area is 129 Å². The van der Waals surface area contributed by atoms with Gasteiger partial charge in [-0.15, -0.1) is 0 Å². The van der Waals surface area contributed by atoms with Crippen LogP contribution in [0.5, 0.6) is 0 Å². The van der Waals surface area contributed by atoms with Gasteiger partial charge in [-0.3, -0.25) is 14.9 Å². The van der Waals surface area contributed by atoms with E-state index in [0.717, 1.165) is 6.29 Å². The maximum Gasteiger partial charge on any atom is 0.271 e. The normalized spacial score (nSPS) is 11.9. The first-order chi connectivity index (χ1) is 10.2. The Kier molecular flexibility index (Phi) is 5.98. The number of carbonyl (C=O) groups excluding carboxylic acids is 2. The van der Waals surface area contributed by atoms with Crippen LogP contribution in [-0.2, 0) is 9.59 Å². The standard InChI is InChI=1S/C16H20N2O4/c1-12(15(20)10-16(2,3)7-8-19)11-17-13-5-4-6-14(9-13)18(21)22/h4-6,8-9,11,17H,7,10H2,1-3H3/b12-11+. The molecule has 0 amide bonds. The number of allylic oxidation sites excluding steroid dienone is 1. The molecule has 118 valence electrons. The van der Waals surface area contributed by atoms with Gasteiger partial charge in [0.05, 0.1) is 4.92 Å². The lowest BCUT2D eigenvalue weighted by atomic mass is 9.83. The van der Waals surface area contributed by atoms with Crippen molar-refractivity contribution < 1.29 is 14.5 Å². The van der Waals surface area contributed by atoms with Gasteiger partial charge in [0, 0.05) is 42.4 Å². The van der Waals surface area contributed by atoms with E-state index >= 15 is 0 Å². The molecule has 0 saturated carbocycles. The van der Waals surface area contributed by atoms with Crippen LogP contribution in [0.2, 0.25) is 0 Å². The molecule has 1 aromatic rings. The Morgan fingerprint density at radius 1 is 1.41 bits per heavy atom. The molecule has 0 aromatic heterocycles. The zero-order chi connectivity index (χ0) is 16.8. The molecule has 0 unspecified atom stereocenters. The summed E-state index contributed by atoms with van der Waals surface area (Å²) in [6.45, 7) is 5.39. The third-order valence-corrected chi connectivity index (χ3v) is 3.23. The van der Waals surface area contributed by atoms with E-state index < -0.39 is 4.92 Å². The molecular weight excluding hydrogens is 284 g/mol. The molecule has 0 radical (unpaired) electrons. The first kappa shape index (κ1) is 17.6. The molecule has 0 aliphatic carbocycles. The summed E-state index contributed by atoms with van der Waals surface area (Å²) in [4.78, 5) is 32.9. The van der Waals surface area contributed by atoms with E-state index in [9.17, 15) is 19.7 Å². The number of nitrogens with zero attached hydrogens (tertiary/aromatic N) is 1. The van der Waals surface area contributed by atoms with Crippen LogP contribution in [0.15, 0.2) is 36.0 Å². The zero-order valence-corrected chi connectivity index (χ0v) is 13.0. The minimum absolute atomic E-state index is 0.0190. The second-order valence-corrected chi connectivity index (χ2v) is 5.91. The van der Waals surface area contributed by atoms with Gasteiger partial charge in [0.15, 0.2) is 5.78 Å². The molecule has 0 atom stereocenters. The first-order valence-corrected chi connectivity index (χ1v) is 6.90. The highest BCUT2D eigenvalue weighted by Crippen LogP contribution is 2.25. The van der Waals surface area contributed by atoms with Gasteiger partial charge >= 0.3 is 0 Å². The molecule has 1 rings (SSSR count). The van der Waals surface area contributed by atoms with Crippen molar-refractivity contribution >= 4 is 23.4 Å². The summed E-state index contributed by atoms with van der Waals surface area (Å²) in [5, 5.41) is 13.6. The van der Waals surface area contributed by atoms with Gasteiger partial charge in [0.25, 0.3) is 5.69 Å². The van der Waals surface area contributed by atoms with Crippen LogP contribution in [0.1, 0.15) is 33.6 Å². The molecular formula is C16H20N2O4. The van der Waals surface area contributed by atoms with Gasteiger partial charge in [0.1, 0.15) is 6.29 Å². The maximum absolute atomic E-state index is 12.1. The van der Waals surface area contributed by atoms with Gasteiger partial charge in [-0.25, -0.2) is 0 Å². The Hall–Kier alpha value is -2.50. The number of aldehydes is 1. The van der Waals surface area contributed by atoms with Crippen molar-refractivity contribution in [2.75, 3.05) is 5.32 Å². The van der Waals surface area contributed by atoms with Crippen molar-refractivity contribution in [2.24, 2.45) is 5.41 Å². The smallest absolute Gasteiger partial charge is 0.271 e. The fraction of sp³-hybridized carbons (Fsp3) is 0.375. The number of nitrogens with one attached hydrogen (secondary N) is 1. The minimum atomic E-state index is -0.477. The fourth-order valence-corrected chi connectivity index (χ4v) is 1.85. The quantitative estimate of drug-likeness (QED) is 0.344. The second kappa shape index (κ2) is 7.49. The van der Waals surface area contributed by atoms with E-state index in [4.69, 9.17) is 0 Å². The number of non-ortho nitro benzene ring substituents is 1. The number of nitro groups is 1. The summed E-state index contributed by atoms with van der Waals surface area (Å²) in [7, 11) is 0. The van der Waals surface area contributed by atoms with E-state index in [1.165, 1.54) is 18.3 Å². The molecule has 1 aromatic carbocycles. The van der Waals surface area contributed by atoms with E-state index in [-0.39, 0.29) is 23.3 Å². The average Bonchev–Trinajstić information content (AvgIpc) is 2.44. The summed E-state index contributed by atoms with van der Waals surface area (Å²) >= 11 is 0. The molecule has 0 bridgehead atoms. The average molecular weight is 304 g/mol. The predicted octanol–water partition coefficient (Wildman–Crippen LogP) is 3.48. The summed E-state index contributed by atoms with van der Waals surface area (Å²) in [6.07, 6.45) is 2.93. The molecule has 6 heteroatoms. The molecule has 0 fully saturated rings. The third-order valence-electron chi connectivity index (χ3n) is 3.23. The zero-order valence-electron chi connectivity index (χ0n) is 13.0. The lowest BCUT2D eigenvalue weighted by Gasteiger charge is -2.20. The van der Waals surface area contributed by atoms with E-state index in [2.05, 4.69) is 5.32 Å². The fourth-order valence-electron chi connectivity index (χ4n) is 1.85. The van der Waals surface area contributed by atoms with Gasteiger partial charge in [-0.1, -0.05) is 19.9 Å². The van der Waals surface area contributed by atoms with Gasteiger partial charge < -0.3 is 10.1 Å². The Morgan fingerprint density at radius 3 is 2.68 bits per heavy atom. The molecule has 0 aliphatic heterocycles. The highest BCUT2D eigenvalue weighted by molar-refractivity contribution is 5.95. The molecule has 0 aliphatic rings. The van der Waals surface area contributed by atoms with Crippen LogP contribution in [0.25, 0.3) is 0 Å².